The van der Waals surface area contributed by atoms with Crippen LogP contribution in [0.3, 0.4) is 0 Å². The second-order valence-electron chi connectivity index (χ2n) is 3.86. The van der Waals surface area contributed by atoms with Gasteiger partial charge >= 0.3 is 0 Å². The SMILES string of the molecule is BrC(Cc1cccs1)c1ccc2c(c1)OCO2. The smallest absolute Gasteiger partial charge is 0.231 e. The summed E-state index contributed by atoms with van der Waals surface area (Å²) < 4.78 is 10.7. The average Bonchev–Trinajstić information content (AvgIpc) is 2.97. The van der Waals surface area contributed by atoms with Crippen LogP contribution in [-0.4, -0.2) is 6.79 Å². The van der Waals surface area contributed by atoms with Gasteiger partial charge in [-0.05, 0) is 35.6 Å². The maximum atomic E-state index is 5.38. The van der Waals surface area contributed by atoms with E-state index in [1.807, 2.05) is 6.07 Å². The van der Waals surface area contributed by atoms with E-state index >= 15 is 0 Å². The van der Waals surface area contributed by atoms with Gasteiger partial charge in [0.05, 0.1) is 0 Å². The topological polar surface area (TPSA) is 18.5 Å². The van der Waals surface area contributed by atoms with E-state index in [1.165, 1.54) is 10.4 Å². The standard InChI is InChI=1S/C13H11BrO2S/c14-11(7-10-2-1-5-17-10)9-3-4-12-13(6-9)16-8-15-12/h1-6,11H,7-8H2. The fourth-order valence-electron chi connectivity index (χ4n) is 1.83. The molecule has 0 saturated heterocycles. The predicted molar refractivity (Wildman–Crippen MR) is 72.3 cm³/mol. The molecule has 17 heavy (non-hydrogen) atoms. The van der Waals surface area contributed by atoms with Crippen molar-refractivity contribution in [3.05, 3.63) is 46.2 Å². The Morgan fingerprint density at radius 2 is 2.12 bits per heavy atom. The number of rotatable bonds is 3. The molecule has 1 aromatic carbocycles. The predicted octanol–water partition coefficient (Wildman–Crippen LogP) is 4.16. The first-order valence-electron chi connectivity index (χ1n) is 5.39. The van der Waals surface area contributed by atoms with Crippen LogP contribution in [0.25, 0.3) is 0 Å². The number of halogens is 1. The molecule has 0 amide bonds. The van der Waals surface area contributed by atoms with E-state index in [9.17, 15) is 0 Å². The Bertz CT molecular complexity index is 510. The summed E-state index contributed by atoms with van der Waals surface area (Å²) in [6.07, 6.45) is 0.997. The minimum Gasteiger partial charge on any atom is -0.454 e. The van der Waals surface area contributed by atoms with Crippen LogP contribution in [0.15, 0.2) is 35.7 Å². The van der Waals surface area contributed by atoms with Crippen LogP contribution in [0.5, 0.6) is 11.5 Å². The summed E-state index contributed by atoms with van der Waals surface area (Å²) >= 11 is 5.51. The minimum absolute atomic E-state index is 0.315. The molecule has 88 valence electrons. The van der Waals surface area contributed by atoms with Gasteiger partial charge in [0.2, 0.25) is 6.79 Å². The van der Waals surface area contributed by atoms with E-state index in [-0.39, 0.29) is 0 Å². The van der Waals surface area contributed by atoms with Crippen LogP contribution in [0.2, 0.25) is 0 Å². The van der Waals surface area contributed by atoms with Crippen molar-refractivity contribution in [2.24, 2.45) is 0 Å². The highest BCUT2D eigenvalue weighted by Gasteiger charge is 2.16. The number of thiophene rings is 1. The largest absolute Gasteiger partial charge is 0.454 e. The molecule has 0 spiro atoms. The highest BCUT2D eigenvalue weighted by atomic mass is 79.9. The van der Waals surface area contributed by atoms with Crippen LogP contribution in [0, 0.1) is 0 Å². The van der Waals surface area contributed by atoms with Crippen LogP contribution in [0.1, 0.15) is 15.3 Å². The van der Waals surface area contributed by atoms with Gasteiger partial charge in [-0.3, -0.25) is 0 Å². The van der Waals surface area contributed by atoms with Crippen molar-refractivity contribution >= 4 is 27.3 Å². The van der Waals surface area contributed by atoms with Crippen LogP contribution < -0.4 is 9.47 Å². The molecule has 1 atom stereocenters. The molecule has 1 aliphatic heterocycles. The molecular formula is C13H11BrO2S. The van der Waals surface area contributed by atoms with Crippen molar-refractivity contribution in [2.75, 3.05) is 6.79 Å². The number of alkyl halides is 1. The third kappa shape index (κ3) is 2.33. The third-order valence-electron chi connectivity index (χ3n) is 2.72. The van der Waals surface area contributed by atoms with Crippen molar-refractivity contribution in [3.8, 4) is 11.5 Å². The van der Waals surface area contributed by atoms with Gasteiger partial charge in [0.25, 0.3) is 0 Å². The van der Waals surface area contributed by atoms with Gasteiger partial charge in [-0.2, -0.15) is 0 Å². The molecule has 0 radical (unpaired) electrons. The molecule has 2 heterocycles. The summed E-state index contributed by atoms with van der Waals surface area (Å²) in [5, 5.41) is 2.11. The summed E-state index contributed by atoms with van der Waals surface area (Å²) in [4.78, 5) is 1.69. The fourth-order valence-corrected chi connectivity index (χ4v) is 3.43. The van der Waals surface area contributed by atoms with Gasteiger partial charge in [0.1, 0.15) is 0 Å². The van der Waals surface area contributed by atoms with Crippen molar-refractivity contribution in [1.29, 1.82) is 0 Å². The molecule has 1 aliphatic rings. The molecule has 1 aromatic heterocycles. The summed E-state index contributed by atoms with van der Waals surface area (Å²) in [5.41, 5.74) is 1.22. The maximum absolute atomic E-state index is 5.38. The second kappa shape index (κ2) is 4.70. The Morgan fingerprint density at radius 3 is 2.94 bits per heavy atom. The van der Waals surface area contributed by atoms with Gasteiger partial charge in [0.15, 0.2) is 11.5 Å². The first-order valence-corrected chi connectivity index (χ1v) is 7.18. The van der Waals surface area contributed by atoms with E-state index in [2.05, 4.69) is 45.6 Å². The molecule has 0 saturated carbocycles. The Kier molecular flexibility index (Phi) is 3.07. The quantitative estimate of drug-likeness (QED) is 0.793. The zero-order chi connectivity index (χ0) is 11.7. The molecule has 0 N–H and O–H groups in total. The molecule has 2 nitrogen and oxygen atoms in total. The second-order valence-corrected chi connectivity index (χ2v) is 6.00. The van der Waals surface area contributed by atoms with Gasteiger partial charge < -0.3 is 9.47 Å². The number of hydrogen-bond acceptors (Lipinski definition) is 3. The lowest BCUT2D eigenvalue weighted by atomic mass is 10.1. The van der Waals surface area contributed by atoms with Crippen LogP contribution in [-0.2, 0) is 6.42 Å². The molecule has 4 heteroatoms. The molecule has 1 unspecified atom stereocenters. The van der Waals surface area contributed by atoms with Gasteiger partial charge in [0, 0.05) is 9.70 Å². The number of ether oxygens (including phenoxy) is 2. The summed E-state index contributed by atoms with van der Waals surface area (Å²) in [7, 11) is 0. The van der Waals surface area contributed by atoms with Crippen molar-refractivity contribution < 1.29 is 9.47 Å². The lowest BCUT2D eigenvalue weighted by Gasteiger charge is -2.09. The summed E-state index contributed by atoms with van der Waals surface area (Å²) in [5.74, 6) is 1.68. The highest BCUT2D eigenvalue weighted by Crippen LogP contribution is 2.37. The lowest BCUT2D eigenvalue weighted by Crippen LogP contribution is -1.94. The zero-order valence-corrected chi connectivity index (χ0v) is 11.5. The van der Waals surface area contributed by atoms with E-state index in [0.29, 0.717) is 11.6 Å². The Labute approximate surface area is 112 Å². The Morgan fingerprint density at radius 1 is 1.24 bits per heavy atom. The van der Waals surface area contributed by atoms with Crippen molar-refractivity contribution in [1.82, 2.24) is 0 Å². The van der Waals surface area contributed by atoms with Crippen LogP contribution >= 0.6 is 27.3 Å². The van der Waals surface area contributed by atoms with Crippen molar-refractivity contribution in [2.45, 2.75) is 11.2 Å². The first-order chi connectivity index (χ1) is 8.33. The summed E-state index contributed by atoms with van der Waals surface area (Å²) in [6.45, 7) is 0.330. The highest BCUT2D eigenvalue weighted by molar-refractivity contribution is 9.09. The van der Waals surface area contributed by atoms with Gasteiger partial charge in [-0.25, -0.2) is 0 Å². The average molecular weight is 311 g/mol. The molecular weight excluding hydrogens is 300 g/mol. The zero-order valence-electron chi connectivity index (χ0n) is 9.06. The molecule has 0 bridgehead atoms. The van der Waals surface area contributed by atoms with Crippen LogP contribution in [0.4, 0.5) is 0 Å². The molecule has 2 aromatic rings. The third-order valence-corrected chi connectivity index (χ3v) is 4.47. The molecule has 0 aliphatic carbocycles. The molecule has 3 rings (SSSR count). The molecule has 0 fully saturated rings. The first kappa shape index (κ1) is 11.1. The Hall–Kier alpha value is -1.00. The number of benzene rings is 1. The minimum atomic E-state index is 0.315. The Balaban J connectivity index is 1.79. The normalized spacial score (nSPS) is 14.9. The number of fused-ring (bicyclic) bond motifs is 1. The maximum Gasteiger partial charge on any atom is 0.231 e. The fraction of sp³-hybridized carbons (Fsp3) is 0.231. The number of hydrogen-bond donors (Lipinski definition) is 0. The lowest BCUT2D eigenvalue weighted by molar-refractivity contribution is 0.174. The van der Waals surface area contributed by atoms with Gasteiger partial charge in [-0.1, -0.05) is 28.1 Å². The monoisotopic (exact) mass is 310 g/mol. The van der Waals surface area contributed by atoms with E-state index in [4.69, 9.17) is 9.47 Å². The van der Waals surface area contributed by atoms with E-state index in [1.54, 1.807) is 11.3 Å². The summed E-state index contributed by atoms with van der Waals surface area (Å²) in [6, 6.07) is 10.3. The van der Waals surface area contributed by atoms with E-state index in [0.717, 1.165) is 17.9 Å². The van der Waals surface area contributed by atoms with Crippen molar-refractivity contribution in [3.63, 3.8) is 0 Å². The van der Waals surface area contributed by atoms with Gasteiger partial charge in [-0.15, -0.1) is 11.3 Å². The van der Waals surface area contributed by atoms with E-state index < -0.39 is 0 Å².